The van der Waals surface area contributed by atoms with Gasteiger partial charge in [-0.15, -0.1) is 0 Å². The number of piperidine rings is 1. The largest absolute Gasteiger partial charge is 0.370 e. The Kier molecular flexibility index (Phi) is 5.66. The molecule has 2 N–H and O–H groups in total. The molecule has 7 heteroatoms. The molecule has 1 aliphatic heterocycles. The van der Waals surface area contributed by atoms with E-state index in [4.69, 9.17) is 0 Å². The third-order valence-corrected chi connectivity index (χ3v) is 4.67. The number of nitrogens with zero attached hydrogens (tertiary/aromatic N) is 4. The maximum Gasteiger partial charge on any atom is 0.233 e. The molecule has 1 aliphatic rings. The third-order valence-electron chi connectivity index (χ3n) is 4.67. The van der Waals surface area contributed by atoms with Gasteiger partial charge in [0.05, 0.1) is 12.2 Å². The predicted octanol–water partition coefficient (Wildman–Crippen LogP) is 1.75. The zero-order valence-electron chi connectivity index (χ0n) is 15.8. The molecule has 0 spiro atoms. The summed E-state index contributed by atoms with van der Waals surface area (Å²) in [6.07, 6.45) is 7.28. The van der Waals surface area contributed by atoms with E-state index in [1.165, 1.54) is 0 Å². The van der Waals surface area contributed by atoms with Gasteiger partial charge in [-0.05, 0) is 45.6 Å². The van der Waals surface area contributed by atoms with Gasteiger partial charge in [0.15, 0.2) is 5.65 Å². The first kappa shape index (κ1) is 18.5. The van der Waals surface area contributed by atoms with E-state index in [1.54, 1.807) is 18.6 Å². The van der Waals surface area contributed by atoms with Crippen molar-refractivity contribution in [3.8, 4) is 0 Å². The molecule has 3 rings (SSSR count). The Bertz CT molecular complexity index is 744. The molecule has 0 aliphatic carbocycles. The van der Waals surface area contributed by atoms with Crippen molar-refractivity contribution in [2.24, 2.45) is 5.92 Å². The Morgan fingerprint density at radius 1 is 1.15 bits per heavy atom. The van der Waals surface area contributed by atoms with Crippen molar-refractivity contribution in [3.05, 3.63) is 24.7 Å². The molecule has 0 unspecified atom stereocenters. The first-order valence-corrected chi connectivity index (χ1v) is 9.25. The van der Waals surface area contributed by atoms with Gasteiger partial charge in [0.2, 0.25) is 5.91 Å². The van der Waals surface area contributed by atoms with Gasteiger partial charge in [0, 0.05) is 43.8 Å². The molecule has 26 heavy (non-hydrogen) atoms. The van der Waals surface area contributed by atoms with Crippen LogP contribution in [-0.4, -0.2) is 52.6 Å². The second-order valence-corrected chi connectivity index (χ2v) is 7.90. The minimum atomic E-state index is -0.0428. The molecular formula is C19H28N6O. The highest BCUT2D eigenvalue weighted by Gasteiger charge is 2.22. The molecular weight excluding hydrogens is 328 g/mol. The van der Waals surface area contributed by atoms with Crippen LogP contribution in [0.15, 0.2) is 24.7 Å². The number of anilines is 1. The lowest BCUT2D eigenvalue weighted by molar-refractivity contribution is -0.120. The summed E-state index contributed by atoms with van der Waals surface area (Å²) in [5, 5.41) is 6.27. The first-order valence-electron chi connectivity index (χ1n) is 9.25. The molecule has 2 aromatic heterocycles. The minimum absolute atomic E-state index is 0.0428. The van der Waals surface area contributed by atoms with E-state index in [1.807, 2.05) is 6.07 Å². The predicted molar refractivity (Wildman–Crippen MR) is 103 cm³/mol. The zero-order chi connectivity index (χ0) is 18.6. The summed E-state index contributed by atoms with van der Waals surface area (Å²) >= 11 is 0. The number of hydrogen-bond acceptors (Lipinski definition) is 6. The average molecular weight is 356 g/mol. The van der Waals surface area contributed by atoms with E-state index in [9.17, 15) is 4.79 Å². The summed E-state index contributed by atoms with van der Waals surface area (Å²) in [6, 6.07) is 2.01. The van der Waals surface area contributed by atoms with E-state index < -0.39 is 0 Å². The number of aromatic nitrogens is 3. The summed E-state index contributed by atoms with van der Waals surface area (Å²) in [5.41, 5.74) is 2.60. The molecule has 0 bridgehead atoms. The van der Waals surface area contributed by atoms with Gasteiger partial charge in [0.1, 0.15) is 5.52 Å². The maximum absolute atomic E-state index is 12.0. The lowest BCUT2D eigenvalue weighted by Gasteiger charge is -2.34. The van der Waals surface area contributed by atoms with Crippen LogP contribution in [0.1, 0.15) is 33.6 Å². The topological polar surface area (TPSA) is 83.0 Å². The molecule has 7 nitrogen and oxygen atoms in total. The number of hydrogen-bond donors (Lipinski definition) is 2. The number of amides is 1. The van der Waals surface area contributed by atoms with Crippen LogP contribution >= 0.6 is 0 Å². The molecule has 0 radical (unpaired) electrons. The van der Waals surface area contributed by atoms with Crippen LogP contribution < -0.4 is 15.5 Å². The van der Waals surface area contributed by atoms with Crippen LogP contribution in [-0.2, 0) is 4.79 Å². The van der Waals surface area contributed by atoms with E-state index >= 15 is 0 Å². The Balaban J connectivity index is 1.49. The van der Waals surface area contributed by atoms with Crippen LogP contribution in [0.25, 0.3) is 11.2 Å². The molecule has 140 valence electrons. The monoisotopic (exact) mass is 356 g/mol. The van der Waals surface area contributed by atoms with Crippen LogP contribution in [0.3, 0.4) is 0 Å². The lowest BCUT2D eigenvalue weighted by atomic mass is 9.96. The van der Waals surface area contributed by atoms with Crippen molar-refractivity contribution in [3.63, 3.8) is 0 Å². The Labute approximate surface area is 154 Å². The molecule has 1 amide bonds. The molecule has 1 fully saturated rings. The lowest BCUT2D eigenvalue weighted by Crippen LogP contribution is -2.45. The molecule has 0 atom stereocenters. The van der Waals surface area contributed by atoms with Gasteiger partial charge in [-0.25, -0.2) is 15.0 Å². The Morgan fingerprint density at radius 3 is 2.58 bits per heavy atom. The Hall–Kier alpha value is -2.28. The zero-order valence-corrected chi connectivity index (χ0v) is 15.8. The quantitative estimate of drug-likeness (QED) is 0.849. The molecule has 0 saturated carbocycles. The number of nitrogens with one attached hydrogen (secondary N) is 2. The summed E-state index contributed by atoms with van der Waals surface area (Å²) in [6.45, 7) is 9.20. The summed E-state index contributed by atoms with van der Waals surface area (Å²) in [5.74, 6) is 0.585. The SMILES string of the molecule is CC(C)(C)NCC(=O)NCC1CCN(c2ccnc3nccnc23)CC1. The summed E-state index contributed by atoms with van der Waals surface area (Å²) in [7, 11) is 0. The fourth-order valence-electron chi connectivity index (χ4n) is 3.16. The van der Waals surface area contributed by atoms with Gasteiger partial charge >= 0.3 is 0 Å². The second kappa shape index (κ2) is 7.95. The normalized spacial score (nSPS) is 16.0. The van der Waals surface area contributed by atoms with Crippen molar-refractivity contribution in [2.75, 3.05) is 31.1 Å². The fourth-order valence-corrected chi connectivity index (χ4v) is 3.16. The van der Waals surface area contributed by atoms with E-state index in [2.05, 4.69) is 51.3 Å². The number of pyridine rings is 1. The average Bonchev–Trinajstić information content (AvgIpc) is 2.64. The minimum Gasteiger partial charge on any atom is -0.370 e. The van der Waals surface area contributed by atoms with Gasteiger partial charge in [-0.1, -0.05) is 0 Å². The number of rotatable bonds is 5. The highest BCUT2D eigenvalue weighted by Crippen LogP contribution is 2.27. The van der Waals surface area contributed by atoms with E-state index in [0.29, 0.717) is 18.1 Å². The van der Waals surface area contributed by atoms with Crippen LogP contribution in [0.4, 0.5) is 5.69 Å². The number of carbonyl (C=O) groups excluding carboxylic acids is 1. The highest BCUT2D eigenvalue weighted by atomic mass is 16.1. The van der Waals surface area contributed by atoms with Crippen molar-refractivity contribution in [1.82, 2.24) is 25.6 Å². The van der Waals surface area contributed by atoms with Gasteiger partial charge in [0.25, 0.3) is 0 Å². The number of fused-ring (bicyclic) bond motifs is 1. The van der Waals surface area contributed by atoms with Crippen LogP contribution in [0, 0.1) is 5.92 Å². The summed E-state index contributed by atoms with van der Waals surface area (Å²) in [4.78, 5) is 27.3. The standard InChI is InChI=1S/C19H28N6O/c1-19(2,3)24-13-16(26)23-12-14-5-10-25(11-6-14)15-4-7-21-18-17(15)20-8-9-22-18/h4,7-9,14,24H,5-6,10-13H2,1-3H3,(H,23,26). The van der Waals surface area contributed by atoms with Crippen molar-refractivity contribution < 1.29 is 4.79 Å². The van der Waals surface area contributed by atoms with Gasteiger partial charge in [-0.3, -0.25) is 4.79 Å². The van der Waals surface area contributed by atoms with Gasteiger partial charge < -0.3 is 15.5 Å². The second-order valence-electron chi connectivity index (χ2n) is 7.90. The van der Waals surface area contributed by atoms with Crippen molar-refractivity contribution >= 4 is 22.8 Å². The first-order chi connectivity index (χ1) is 12.4. The maximum atomic E-state index is 12.0. The molecule has 3 heterocycles. The van der Waals surface area contributed by atoms with Crippen LogP contribution in [0.2, 0.25) is 0 Å². The van der Waals surface area contributed by atoms with Crippen LogP contribution in [0.5, 0.6) is 0 Å². The van der Waals surface area contributed by atoms with Gasteiger partial charge in [-0.2, -0.15) is 0 Å². The smallest absolute Gasteiger partial charge is 0.233 e. The third kappa shape index (κ3) is 4.88. The molecule has 0 aromatic carbocycles. The molecule has 1 saturated heterocycles. The van der Waals surface area contributed by atoms with Crippen molar-refractivity contribution in [1.29, 1.82) is 0 Å². The van der Waals surface area contributed by atoms with Crippen molar-refractivity contribution in [2.45, 2.75) is 39.2 Å². The molecule has 2 aromatic rings. The van der Waals surface area contributed by atoms with E-state index in [-0.39, 0.29) is 11.4 Å². The number of carbonyl (C=O) groups is 1. The Morgan fingerprint density at radius 2 is 1.85 bits per heavy atom. The summed E-state index contributed by atoms with van der Waals surface area (Å²) < 4.78 is 0. The fraction of sp³-hybridized carbons (Fsp3) is 0.579. The van der Waals surface area contributed by atoms with E-state index in [0.717, 1.165) is 43.7 Å². The highest BCUT2D eigenvalue weighted by molar-refractivity contribution is 5.85.